The lowest BCUT2D eigenvalue weighted by Crippen LogP contribution is -1.97. The Morgan fingerprint density at radius 1 is 1.25 bits per heavy atom. The summed E-state index contributed by atoms with van der Waals surface area (Å²) in [6.45, 7) is 2.11. The van der Waals surface area contributed by atoms with Gasteiger partial charge >= 0.3 is 0 Å². The number of benzene rings is 1. The van der Waals surface area contributed by atoms with E-state index in [1.807, 2.05) is 30.3 Å². The minimum Gasteiger partial charge on any atom is -0.368 e. The van der Waals surface area contributed by atoms with Crippen LogP contribution in [0, 0.1) is 0 Å². The summed E-state index contributed by atoms with van der Waals surface area (Å²) >= 11 is 1.72. The smallest absolute Gasteiger partial charge is 0.220 e. The van der Waals surface area contributed by atoms with Crippen molar-refractivity contribution >= 4 is 17.7 Å². The van der Waals surface area contributed by atoms with Crippen LogP contribution in [-0.2, 0) is 0 Å². The second-order valence-corrected chi connectivity index (χ2v) is 4.55. The number of hydrogen-bond acceptors (Lipinski definition) is 4. The van der Waals surface area contributed by atoms with Gasteiger partial charge in [0.1, 0.15) is 0 Å². The predicted octanol–water partition coefficient (Wildman–Crippen LogP) is 2.84. The standard InChI is InChI=1S/C12H13N3S/c1-2-16-10-8-14-12(13)15-11(10)9-6-4-3-5-7-9/h3-8H,2H2,1H3,(H2,13,14,15). The molecule has 0 saturated heterocycles. The Hall–Kier alpha value is -1.55. The molecule has 4 heteroatoms. The van der Waals surface area contributed by atoms with E-state index in [0.29, 0.717) is 5.95 Å². The minimum atomic E-state index is 0.319. The van der Waals surface area contributed by atoms with Gasteiger partial charge < -0.3 is 5.73 Å². The Morgan fingerprint density at radius 2 is 2.00 bits per heavy atom. The number of thioether (sulfide) groups is 1. The Bertz CT molecular complexity index is 471. The van der Waals surface area contributed by atoms with E-state index in [9.17, 15) is 0 Å². The molecular formula is C12H13N3S. The van der Waals surface area contributed by atoms with E-state index in [0.717, 1.165) is 21.9 Å². The maximum atomic E-state index is 5.63. The number of nitrogen functional groups attached to an aromatic ring is 1. The van der Waals surface area contributed by atoms with Gasteiger partial charge in [0, 0.05) is 11.8 Å². The summed E-state index contributed by atoms with van der Waals surface area (Å²) in [7, 11) is 0. The summed E-state index contributed by atoms with van der Waals surface area (Å²) in [6.07, 6.45) is 1.79. The molecule has 0 spiro atoms. The highest BCUT2D eigenvalue weighted by Gasteiger charge is 2.07. The number of anilines is 1. The zero-order chi connectivity index (χ0) is 11.4. The highest BCUT2D eigenvalue weighted by Crippen LogP contribution is 2.29. The van der Waals surface area contributed by atoms with Crippen LogP contribution in [0.2, 0.25) is 0 Å². The molecule has 0 aliphatic carbocycles. The molecule has 2 N–H and O–H groups in total. The molecule has 3 nitrogen and oxygen atoms in total. The lowest BCUT2D eigenvalue weighted by molar-refractivity contribution is 1.12. The maximum absolute atomic E-state index is 5.63. The van der Waals surface area contributed by atoms with Gasteiger partial charge in [0.15, 0.2) is 0 Å². The number of nitrogens with two attached hydrogens (primary N) is 1. The van der Waals surface area contributed by atoms with Crippen molar-refractivity contribution < 1.29 is 0 Å². The van der Waals surface area contributed by atoms with E-state index < -0.39 is 0 Å². The van der Waals surface area contributed by atoms with E-state index in [1.165, 1.54) is 0 Å². The molecule has 1 heterocycles. The SMILES string of the molecule is CCSc1cnc(N)nc1-c1ccccc1. The fourth-order valence-corrected chi connectivity index (χ4v) is 2.19. The monoisotopic (exact) mass is 231 g/mol. The van der Waals surface area contributed by atoms with Crippen molar-refractivity contribution in [3.05, 3.63) is 36.5 Å². The molecule has 0 fully saturated rings. The zero-order valence-corrected chi connectivity index (χ0v) is 9.87. The Morgan fingerprint density at radius 3 is 2.69 bits per heavy atom. The van der Waals surface area contributed by atoms with Crippen molar-refractivity contribution in [2.45, 2.75) is 11.8 Å². The Balaban J connectivity index is 2.49. The van der Waals surface area contributed by atoms with Crippen LogP contribution in [0.15, 0.2) is 41.4 Å². The van der Waals surface area contributed by atoms with E-state index in [4.69, 9.17) is 5.73 Å². The molecule has 1 aromatic carbocycles. The van der Waals surface area contributed by atoms with Gasteiger partial charge in [-0.3, -0.25) is 0 Å². The van der Waals surface area contributed by atoms with Gasteiger partial charge in [0.2, 0.25) is 5.95 Å². The van der Waals surface area contributed by atoms with Gasteiger partial charge in [-0.05, 0) is 5.75 Å². The summed E-state index contributed by atoms with van der Waals surface area (Å²) in [5.41, 5.74) is 7.62. The van der Waals surface area contributed by atoms with Gasteiger partial charge in [-0.1, -0.05) is 37.3 Å². The van der Waals surface area contributed by atoms with Gasteiger partial charge in [0.25, 0.3) is 0 Å². The second-order valence-electron chi connectivity index (χ2n) is 3.24. The third-order valence-electron chi connectivity index (χ3n) is 2.12. The molecule has 0 aliphatic rings. The topological polar surface area (TPSA) is 51.8 Å². The third kappa shape index (κ3) is 2.33. The van der Waals surface area contributed by atoms with Crippen LogP contribution in [0.5, 0.6) is 0 Å². The quantitative estimate of drug-likeness (QED) is 0.825. The first-order chi connectivity index (χ1) is 7.81. The lowest BCUT2D eigenvalue weighted by atomic mass is 10.1. The van der Waals surface area contributed by atoms with Crippen LogP contribution in [0.3, 0.4) is 0 Å². The number of nitrogens with zero attached hydrogens (tertiary/aromatic N) is 2. The molecule has 2 rings (SSSR count). The molecule has 0 aliphatic heterocycles. The van der Waals surface area contributed by atoms with Crippen molar-refractivity contribution in [2.24, 2.45) is 0 Å². The molecular weight excluding hydrogens is 218 g/mol. The third-order valence-corrected chi connectivity index (χ3v) is 3.02. The van der Waals surface area contributed by atoms with Crippen LogP contribution in [0.25, 0.3) is 11.3 Å². The zero-order valence-electron chi connectivity index (χ0n) is 9.05. The first-order valence-electron chi connectivity index (χ1n) is 5.12. The molecule has 0 amide bonds. The molecule has 0 radical (unpaired) electrons. The van der Waals surface area contributed by atoms with Gasteiger partial charge in [-0.15, -0.1) is 11.8 Å². The molecule has 2 aromatic rings. The molecule has 82 valence electrons. The second kappa shape index (κ2) is 4.99. The van der Waals surface area contributed by atoms with E-state index in [2.05, 4.69) is 16.9 Å². The Labute approximate surface area is 99.1 Å². The van der Waals surface area contributed by atoms with Crippen LogP contribution >= 0.6 is 11.8 Å². The average Bonchev–Trinajstić information content (AvgIpc) is 2.33. The maximum Gasteiger partial charge on any atom is 0.220 e. The molecule has 0 saturated carbocycles. The molecule has 1 aromatic heterocycles. The summed E-state index contributed by atoms with van der Waals surface area (Å²) in [5.74, 6) is 1.31. The number of hydrogen-bond donors (Lipinski definition) is 1. The van der Waals surface area contributed by atoms with Gasteiger partial charge in [-0.2, -0.15) is 0 Å². The first-order valence-corrected chi connectivity index (χ1v) is 6.10. The summed E-state index contributed by atoms with van der Waals surface area (Å²) in [6, 6.07) is 10.0. The van der Waals surface area contributed by atoms with Crippen molar-refractivity contribution in [1.82, 2.24) is 9.97 Å². The molecule has 0 atom stereocenters. The van der Waals surface area contributed by atoms with E-state index in [-0.39, 0.29) is 0 Å². The van der Waals surface area contributed by atoms with Gasteiger partial charge in [-0.25, -0.2) is 9.97 Å². The largest absolute Gasteiger partial charge is 0.368 e. The van der Waals surface area contributed by atoms with Crippen LogP contribution in [0.4, 0.5) is 5.95 Å². The van der Waals surface area contributed by atoms with Gasteiger partial charge in [0.05, 0.1) is 10.6 Å². The summed E-state index contributed by atoms with van der Waals surface area (Å²) in [5, 5.41) is 0. The minimum absolute atomic E-state index is 0.319. The average molecular weight is 231 g/mol. The van der Waals surface area contributed by atoms with Crippen molar-refractivity contribution in [2.75, 3.05) is 11.5 Å². The van der Waals surface area contributed by atoms with E-state index in [1.54, 1.807) is 18.0 Å². The highest BCUT2D eigenvalue weighted by molar-refractivity contribution is 7.99. The van der Waals surface area contributed by atoms with Crippen molar-refractivity contribution in [3.63, 3.8) is 0 Å². The lowest BCUT2D eigenvalue weighted by Gasteiger charge is -2.07. The molecule has 0 unspecified atom stereocenters. The van der Waals surface area contributed by atoms with Crippen LogP contribution in [0.1, 0.15) is 6.92 Å². The molecule has 0 bridgehead atoms. The number of aromatic nitrogens is 2. The number of rotatable bonds is 3. The van der Waals surface area contributed by atoms with Crippen molar-refractivity contribution in [1.29, 1.82) is 0 Å². The van der Waals surface area contributed by atoms with E-state index >= 15 is 0 Å². The fraction of sp³-hybridized carbons (Fsp3) is 0.167. The van der Waals surface area contributed by atoms with Crippen molar-refractivity contribution in [3.8, 4) is 11.3 Å². The Kier molecular flexibility index (Phi) is 3.41. The molecule has 16 heavy (non-hydrogen) atoms. The first kappa shape index (κ1) is 11.0. The highest BCUT2D eigenvalue weighted by atomic mass is 32.2. The summed E-state index contributed by atoms with van der Waals surface area (Å²) in [4.78, 5) is 9.41. The van der Waals surface area contributed by atoms with Crippen LogP contribution < -0.4 is 5.73 Å². The normalized spacial score (nSPS) is 10.3. The van der Waals surface area contributed by atoms with Crippen LogP contribution in [-0.4, -0.2) is 15.7 Å². The fourth-order valence-electron chi connectivity index (χ4n) is 1.45. The summed E-state index contributed by atoms with van der Waals surface area (Å²) < 4.78 is 0. The predicted molar refractivity (Wildman–Crippen MR) is 68.3 cm³/mol.